The van der Waals surface area contributed by atoms with Crippen molar-refractivity contribution in [3.8, 4) is 0 Å². The van der Waals surface area contributed by atoms with Crippen molar-refractivity contribution in [2.24, 2.45) is 5.92 Å². The number of amides is 3. The van der Waals surface area contributed by atoms with Crippen LogP contribution >= 0.6 is 0 Å². The number of benzene rings is 1. The highest BCUT2D eigenvalue weighted by molar-refractivity contribution is 6.22. The van der Waals surface area contributed by atoms with Gasteiger partial charge in [-0.05, 0) is 18.1 Å². The van der Waals surface area contributed by atoms with E-state index in [2.05, 4.69) is 0 Å². The Morgan fingerprint density at radius 1 is 1.23 bits per heavy atom. The van der Waals surface area contributed by atoms with Gasteiger partial charge in [0, 0.05) is 6.54 Å². The minimum absolute atomic E-state index is 0.0985. The maximum atomic E-state index is 12.6. The number of aliphatic hydroxyl groups is 1. The molecule has 0 aromatic heterocycles. The zero-order chi connectivity index (χ0) is 16.0. The van der Waals surface area contributed by atoms with Gasteiger partial charge in [0.1, 0.15) is 6.04 Å². The monoisotopic (exact) mass is 302 g/mol. The van der Waals surface area contributed by atoms with Gasteiger partial charge in [-0.2, -0.15) is 0 Å². The molecule has 22 heavy (non-hydrogen) atoms. The van der Waals surface area contributed by atoms with E-state index in [-0.39, 0.29) is 24.5 Å². The van der Waals surface area contributed by atoms with Crippen molar-refractivity contribution < 1.29 is 19.5 Å². The third-order valence-corrected chi connectivity index (χ3v) is 4.20. The van der Waals surface area contributed by atoms with E-state index in [9.17, 15) is 14.4 Å². The number of hydrogen-bond acceptors (Lipinski definition) is 4. The van der Waals surface area contributed by atoms with Crippen molar-refractivity contribution in [3.05, 3.63) is 35.4 Å². The van der Waals surface area contributed by atoms with Gasteiger partial charge in [-0.3, -0.25) is 19.3 Å². The fourth-order valence-electron chi connectivity index (χ4n) is 2.93. The van der Waals surface area contributed by atoms with E-state index in [4.69, 9.17) is 5.11 Å². The minimum atomic E-state index is -0.830. The highest BCUT2D eigenvalue weighted by Crippen LogP contribution is 2.30. The minimum Gasteiger partial charge on any atom is -0.394 e. The molecule has 6 nitrogen and oxygen atoms in total. The SMILES string of the molecule is CC(C)C(C(=O)N1CC1CO)N1C(=O)c2ccccc2C1=O. The summed E-state index contributed by atoms with van der Waals surface area (Å²) in [5.41, 5.74) is 0.686. The number of carbonyl (C=O) groups excluding carboxylic acids is 3. The summed E-state index contributed by atoms with van der Waals surface area (Å²) in [7, 11) is 0. The van der Waals surface area contributed by atoms with E-state index in [1.165, 1.54) is 4.90 Å². The van der Waals surface area contributed by atoms with Gasteiger partial charge in [-0.25, -0.2) is 0 Å². The van der Waals surface area contributed by atoms with Crippen LogP contribution in [0, 0.1) is 5.92 Å². The Morgan fingerprint density at radius 2 is 1.77 bits per heavy atom. The van der Waals surface area contributed by atoms with Crippen LogP contribution in [-0.2, 0) is 4.79 Å². The van der Waals surface area contributed by atoms with Gasteiger partial charge in [0.05, 0.1) is 23.8 Å². The molecule has 0 aliphatic carbocycles. The molecule has 0 spiro atoms. The Kier molecular flexibility index (Phi) is 3.48. The van der Waals surface area contributed by atoms with E-state index < -0.39 is 17.9 Å². The van der Waals surface area contributed by atoms with Crippen molar-refractivity contribution in [3.63, 3.8) is 0 Å². The second kappa shape index (κ2) is 5.21. The molecule has 0 saturated carbocycles. The molecule has 1 N–H and O–H groups in total. The normalized spacial score (nSPS) is 21.4. The number of hydrogen-bond donors (Lipinski definition) is 1. The van der Waals surface area contributed by atoms with Gasteiger partial charge in [-0.15, -0.1) is 0 Å². The molecule has 1 saturated heterocycles. The number of nitrogens with zero attached hydrogens (tertiary/aromatic N) is 2. The predicted molar refractivity (Wildman–Crippen MR) is 78.2 cm³/mol. The first kappa shape index (κ1) is 14.7. The summed E-state index contributed by atoms with van der Waals surface area (Å²) in [6, 6.07) is 5.59. The summed E-state index contributed by atoms with van der Waals surface area (Å²) in [5, 5.41) is 9.12. The molecule has 2 aliphatic rings. The highest BCUT2D eigenvalue weighted by Gasteiger charge is 2.49. The van der Waals surface area contributed by atoms with Crippen molar-refractivity contribution in [2.75, 3.05) is 13.2 Å². The van der Waals surface area contributed by atoms with Crippen molar-refractivity contribution >= 4 is 17.7 Å². The van der Waals surface area contributed by atoms with E-state index >= 15 is 0 Å². The molecular formula is C16H18N2O4. The molecule has 3 rings (SSSR count). The molecule has 1 aromatic rings. The summed E-state index contributed by atoms with van der Waals surface area (Å²) in [6.45, 7) is 3.99. The van der Waals surface area contributed by atoms with E-state index in [0.29, 0.717) is 17.7 Å². The van der Waals surface area contributed by atoms with Crippen LogP contribution in [0.5, 0.6) is 0 Å². The largest absolute Gasteiger partial charge is 0.394 e. The molecule has 2 heterocycles. The average Bonchev–Trinajstić information content (AvgIpc) is 3.25. The number of aliphatic hydroxyl groups excluding tert-OH is 1. The highest BCUT2D eigenvalue weighted by atomic mass is 16.3. The first-order chi connectivity index (χ1) is 10.5. The van der Waals surface area contributed by atoms with Gasteiger partial charge in [0.15, 0.2) is 0 Å². The van der Waals surface area contributed by atoms with Crippen LogP contribution in [0.1, 0.15) is 34.6 Å². The molecule has 2 unspecified atom stereocenters. The molecule has 0 radical (unpaired) electrons. The smallest absolute Gasteiger partial charge is 0.262 e. The Hall–Kier alpha value is -2.21. The molecular weight excluding hydrogens is 284 g/mol. The molecule has 1 aromatic carbocycles. The fraction of sp³-hybridized carbons (Fsp3) is 0.438. The summed E-state index contributed by atoms with van der Waals surface area (Å²) in [5.74, 6) is -1.32. The zero-order valence-electron chi connectivity index (χ0n) is 12.5. The van der Waals surface area contributed by atoms with Gasteiger partial charge in [0.2, 0.25) is 5.91 Å². The second-order valence-electron chi connectivity index (χ2n) is 6.04. The fourth-order valence-corrected chi connectivity index (χ4v) is 2.93. The van der Waals surface area contributed by atoms with Gasteiger partial charge in [-0.1, -0.05) is 26.0 Å². The second-order valence-corrected chi connectivity index (χ2v) is 6.04. The van der Waals surface area contributed by atoms with Crippen molar-refractivity contribution in [2.45, 2.75) is 25.9 Å². The van der Waals surface area contributed by atoms with Gasteiger partial charge < -0.3 is 10.0 Å². The number of imide groups is 1. The molecule has 3 amide bonds. The van der Waals surface area contributed by atoms with Gasteiger partial charge in [0.25, 0.3) is 11.8 Å². The van der Waals surface area contributed by atoms with Crippen LogP contribution in [0.2, 0.25) is 0 Å². The third kappa shape index (κ3) is 2.11. The Labute approximate surface area is 128 Å². The number of rotatable bonds is 4. The van der Waals surface area contributed by atoms with Gasteiger partial charge >= 0.3 is 0 Å². The summed E-state index contributed by atoms with van der Waals surface area (Å²) < 4.78 is 0. The third-order valence-electron chi connectivity index (χ3n) is 4.20. The average molecular weight is 302 g/mol. The first-order valence-corrected chi connectivity index (χ1v) is 7.35. The molecule has 2 aliphatic heterocycles. The van der Waals surface area contributed by atoms with Crippen LogP contribution in [-0.4, -0.2) is 57.9 Å². The number of carbonyl (C=O) groups is 3. The van der Waals surface area contributed by atoms with Crippen LogP contribution in [0.3, 0.4) is 0 Å². The lowest BCUT2D eigenvalue weighted by molar-refractivity contribution is -0.131. The van der Waals surface area contributed by atoms with Crippen LogP contribution < -0.4 is 0 Å². The van der Waals surface area contributed by atoms with Crippen LogP contribution in [0.15, 0.2) is 24.3 Å². The van der Waals surface area contributed by atoms with E-state index in [0.717, 1.165) is 4.90 Å². The van der Waals surface area contributed by atoms with Crippen molar-refractivity contribution in [1.82, 2.24) is 9.80 Å². The van der Waals surface area contributed by atoms with E-state index in [1.807, 2.05) is 13.8 Å². The lowest BCUT2D eigenvalue weighted by Crippen LogP contribution is -2.50. The standard InChI is InChI=1S/C16H18N2O4/c1-9(2)13(16(22)17-7-10(17)8-19)18-14(20)11-5-3-4-6-12(11)15(18)21/h3-6,9-10,13,19H,7-8H2,1-2H3. The van der Waals surface area contributed by atoms with Crippen molar-refractivity contribution in [1.29, 1.82) is 0 Å². The Morgan fingerprint density at radius 3 is 2.18 bits per heavy atom. The maximum absolute atomic E-state index is 12.6. The lowest BCUT2D eigenvalue weighted by atomic mass is 10.0. The predicted octanol–water partition coefficient (Wildman–Crippen LogP) is 0.510. The maximum Gasteiger partial charge on any atom is 0.262 e. The van der Waals surface area contributed by atoms with Crippen LogP contribution in [0.4, 0.5) is 0 Å². The molecule has 116 valence electrons. The Bertz CT molecular complexity index is 620. The summed E-state index contributed by atoms with van der Waals surface area (Å²) in [4.78, 5) is 40.3. The molecule has 6 heteroatoms. The summed E-state index contributed by atoms with van der Waals surface area (Å²) in [6.07, 6.45) is 0. The molecule has 0 bridgehead atoms. The summed E-state index contributed by atoms with van der Waals surface area (Å²) >= 11 is 0. The number of fused-ring (bicyclic) bond motifs is 1. The van der Waals surface area contributed by atoms with E-state index in [1.54, 1.807) is 24.3 Å². The Balaban J connectivity index is 1.92. The topological polar surface area (TPSA) is 77.7 Å². The molecule has 1 fully saturated rings. The lowest BCUT2D eigenvalue weighted by Gasteiger charge is -2.28. The zero-order valence-corrected chi connectivity index (χ0v) is 12.5. The first-order valence-electron chi connectivity index (χ1n) is 7.35. The molecule has 2 atom stereocenters. The quantitative estimate of drug-likeness (QED) is 0.649. The van der Waals surface area contributed by atoms with Crippen LogP contribution in [0.25, 0.3) is 0 Å².